The molecule has 1 aromatic heterocycles. The molecule has 0 spiro atoms. The summed E-state index contributed by atoms with van der Waals surface area (Å²) >= 11 is 0. The van der Waals surface area contributed by atoms with E-state index in [1.54, 1.807) is 23.9 Å². The summed E-state index contributed by atoms with van der Waals surface area (Å²) in [5.41, 5.74) is 0.408. The number of aromatic nitrogens is 2. The van der Waals surface area contributed by atoms with Crippen molar-refractivity contribution in [1.82, 2.24) is 9.78 Å². The van der Waals surface area contributed by atoms with Crippen LogP contribution in [-0.2, 0) is 16.1 Å². The molecule has 1 heterocycles. The minimum atomic E-state index is -0.194. The van der Waals surface area contributed by atoms with Crippen LogP contribution < -0.4 is 0 Å². The molecule has 1 rings (SSSR count). The van der Waals surface area contributed by atoms with Gasteiger partial charge in [-0.1, -0.05) is 0 Å². The Labute approximate surface area is 88.0 Å². The first-order valence-corrected chi connectivity index (χ1v) is 4.90. The van der Waals surface area contributed by atoms with E-state index in [1.807, 2.05) is 0 Å². The molecular weight excluding hydrogens is 196 g/mol. The molecule has 0 unspecified atom stereocenters. The van der Waals surface area contributed by atoms with Gasteiger partial charge in [-0.15, -0.1) is 0 Å². The van der Waals surface area contributed by atoms with E-state index in [0.717, 1.165) is 0 Å². The smallest absolute Gasteiger partial charge is 0.305 e. The van der Waals surface area contributed by atoms with Crippen molar-refractivity contribution in [2.45, 2.75) is 26.3 Å². The van der Waals surface area contributed by atoms with Crippen molar-refractivity contribution < 1.29 is 14.3 Å². The standard InChI is InChI=1S/C10H14N2O3/c1-2-15-10(14)4-3-6-12-7-5-9(8-13)11-12/h5,7-8H,2-4,6H2,1H3. The third kappa shape index (κ3) is 3.93. The average molecular weight is 210 g/mol. The fourth-order valence-electron chi connectivity index (χ4n) is 1.18. The van der Waals surface area contributed by atoms with Gasteiger partial charge in [-0.05, 0) is 19.4 Å². The lowest BCUT2D eigenvalue weighted by Gasteiger charge is -2.01. The fraction of sp³-hybridized carbons (Fsp3) is 0.500. The molecule has 0 aliphatic carbocycles. The van der Waals surface area contributed by atoms with Gasteiger partial charge in [0.05, 0.1) is 6.61 Å². The van der Waals surface area contributed by atoms with Gasteiger partial charge >= 0.3 is 5.97 Å². The largest absolute Gasteiger partial charge is 0.466 e. The molecule has 15 heavy (non-hydrogen) atoms. The third-order valence-electron chi connectivity index (χ3n) is 1.86. The molecule has 5 heteroatoms. The van der Waals surface area contributed by atoms with E-state index >= 15 is 0 Å². The minimum absolute atomic E-state index is 0.194. The van der Waals surface area contributed by atoms with Crippen molar-refractivity contribution >= 4 is 12.3 Å². The van der Waals surface area contributed by atoms with Gasteiger partial charge in [-0.3, -0.25) is 14.3 Å². The molecule has 5 nitrogen and oxygen atoms in total. The second kappa shape index (κ2) is 5.95. The summed E-state index contributed by atoms with van der Waals surface area (Å²) in [7, 11) is 0. The zero-order valence-electron chi connectivity index (χ0n) is 8.68. The molecule has 0 saturated carbocycles. The van der Waals surface area contributed by atoms with Crippen molar-refractivity contribution in [3.05, 3.63) is 18.0 Å². The molecule has 0 aromatic carbocycles. The monoisotopic (exact) mass is 210 g/mol. The maximum atomic E-state index is 11.0. The van der Waals surface area contributed by atoms with Gasteiger partial charge in [0, 0.05) is 19.2 Å². The van der Waals surface area contributed by atoms with Crippen LogP contribution in [-0.4, -0.2) is 28.6 Å². The van der Waals surface area contributed by atoms with E-state index in [1.165, 1.54) is 0 Å². The highest BCUT2D eigenvalue weighted by Crippen LogP contribution is 1.98. The first-order valence-electron chi connectivity index (χ1n) is 4.90. The van der Waals surface area contributed by atoms with E-state index in [-0.39, 0.29) is 5.97 Å². The van der Waals surface area contributed by atoms with Crippen LogP contribution in [0.2, 0.25) is 0 Å². The van der Waals surface area contributed by atoms with Gasteiger partial charge in [0.1, 0.15) is 5.69 Å². The maximum absolute atomic E-state index is 11.0. The van der Waals surface area contributed by atoms with Crippen molar-refractivity contribution in [3.63, 3.8) is 0 Å². The fourth-order valence-corrected chi connectivity index (χ4v) is 1.18. The molecule has 0 N–H and O–H groups in total. The number of carbonyl (C=O) groups excluding carboxylic acids is 2. The minimum Gasteiger partial charge on any atom is -0.466 e. The van der Waals surface area contributed by atoms with Crippen molar-refractivity contribution in [1.29, 1.82) is 0 Å². The number of nitrogens with zero attached hydrogens (tertiary/aromatic N) is 2. The summed E-state index contributed by atoms with van der Waals surface area (Å²) in [6.07, 6.45) is 3.46. The van der Waals surface area contributed by atoms with Gasteiger partial charge in [-0.25, -0.2) is 0 Å². The Kier molecular flexibility index (Phi) is 4.53. The molecule has 0 bridgehead atoms. The summed E-state index contributed by atoms with van der Waals surface area (Å²) in [4.78, 5) is 21.3. The molecule has 0 fully saturated rings. The van der Waals surface area contributed by atoms with Crippen molar-refractivity contribution in [2.24, 2.45) is 0 Å². The lowest BCUT2D eigenvalue weighted by atomic mass is 10.3. The highest BCUT2D eigenvalue weighted by Gasteiger charge is 2.02. The second-order valence-corrected chi connectivity index (χ2v) is 3.03. The van der Waals surface area contributed by atoms with Crippen LogP contribution in [0.5, 0.6) is 0 Å². The molecule has 0 aliphatic rings. The van der Waals surface area contributed by atoms with Crippen molar-refractivity contribution in [2.75, 3.05) is 6.61 Å². The van der Waals surface area contributed by atoms with Crippen LogP contribution in [0.25, 0.3) is 0 Å². The Morgan fingerprint density at radius 2 is 2.47 bits per heavy atom. The Morgan fingerprint density at radius 3 is 3.07 bits per heavy atom. The summed E-state index contributed by atoms with van der Waals surface area (Å²) in [6, 6.07) is 1.64. The van der Waals surface area contributed by atoms with E-state index in [9.17, 15) is 9.59 Å². The summed E-state index contributed by atoms with van der Waals surface area (Å²) in [5.74, 6) is -0.194. The maximum Gasteiger partial charge on any atom is 0.305 e. The van der Waals surface area contributed by atoms with E-state index < -0.39 is 0 Å². The average Bonchev–Trinajstić information content (AvgIpc) is 2.66. The topological polar surface area (TPSA) is 61.2 Å². The number of rotatable bonds is 6. The SMILES string of the molecule is CCOC(=O)CCCn1ccc(C=O)n1. The van der Waals surface area contributed by atoms with Gasteiger partial charge in [-0.2, -0.15) is 5.10 Å². The number of hydrogen-bond acceptors (Lipinski definition) is 4. The molecule has 1 aromatic rings. The van der Waals surface area contributed by atoms with Gasteiger partial charge in [0.15, 0.2) is 6.29 Å². The number of aryl methyl sites for hydroxylation is 1. The van der Waals surface area contributed by atoms with Crippen LogP contribution >= 0.6 is 0 Å². The number of esters is 1. The molecule has 0 saturated heterocycles. The number of hydrogen-bond donors (Lipinski definition) is 0. The van der Waals surface area contributed by atoms with E-state index in [2.05, 4.69) is 5.10 Å². The highest BCUT2D eigenvalue weighted by atomic mass is 16.5. The third-order valence-corrected chi connectivity index (χ3v) is 1.86. The van der Waals surface area contributed by atoms with Crippen LogP contribution in [0.3, 0.4) is 0 Å². The molecule has 0 aliphatic heterocycles. The first kappa shape index (κ1) is 11.4. The lowest BCUT2D eigenvalue weighted by Crippen LogP contribution is -2.06. The number of ether oxygens (including phenoxy) is 1. The molecule has 0 amide bonds. The summed E-state index contributed by atoms with van der Waals surface area (Å²) < 4.78 is 6.42. The van der Waals surface area contributed by atoms with Crippen LogP contribution in [0.4, 0.5) is 0 Å². The quantitative estimate of drug-likeness (QED) is 0.520. The van der Waals surface area contributed by atoms with Crippen molar-refractivity contribution in [3.8, 4) is 0 Å². The Bertz CT molecular complexity index is 333. The second-order valence-electron chi connectivity index (χ2n) is 3.03. The first-order chi connectivity index (χ1) is 7.26. The molecule has 0 radical (unpaired) electrons. The summed E-state index contributed by atoms with van der Waals surface area (Å²) in [6.45, 7) is 2.81. The lowest BCUT2D eigenvalue weighted by molar-refractivity contribution is -0.143. The normalized spacial score (nSPS) is 9.93. The van der Waals surface area contributed by atoms with Crippen LogP contribution in [0.1, 0.15) is 30.3 Å². The molecular formula is C10H14N2O3. The van der Waals surface area contributed by atoms with E-state index in [4.69, 9.17) is 4.74 Å². The van der Waals surface area contributed by atoms with E-state index in [0.29, 0.717) is 38.0 Å². The Morgan fingerprint density at radius 1 is 1.67 bits per heavy atom. The van der Waals surface area contributed by atoms with Crippen LogP contribution in [0, 0.1) is 0 Å². The van der Waals surface area contributed by atoms with Gasteiger partial charge in [0.25, 0.3) is 0 Å². The van der Waals surface area contributed by atoms with Gasteiger partial charge < -0.3 is 4.74 Å². The highest BCUT2D eigenvalue weighted by molar-refractivity contribution is 5.71. The zero-order valence-corrected chi connectivity index (χ0v) is 8.68. The zero-order chi connectivity index (χ0) is 11.1. The summed E-state index contributed by atoms with van der Waals surface area (Å²) in [5, 5.41) is 3.97. The molecule has 0 atom stereocenters. The molecule has 82 valence electrons. The Balaban J connectivity index is 2.25. The predicted octanol–water partition coefficient (Wildman–Crippen LogP) is 1.04. The number of carbonyl (C=O) groups is 2. The predicted molar refractivity (Wildman–Crippen MR) is 53.5 cm³/mol. The Hall–Kier alpha value is -1.65. The van der Waals surface area contributed by atoms with Gasteiger partial charge in [0.2, 0.25) is 0 Å². The van der Waals surface area contributed by atoms with Crippen LogP contribution in [0.15, 0.2) is 12.3 Å². The number of aldehydes is 1.